The molecule has 0 spiro atoms. The maximum atomic E-state index is 13.4. The average Bonchev–Trinajstić information content (AvgIpc) is 2.31. The Morgan fingerprint density at radius 1 is 1.50 bits per heavy atom. The lowest BCUT2D eigenvalue weighted by molar-refractivity contribution is -0.118. The fourth-order valence-corrected chi connectivity index (χ4v) is 2.66. The highest BCUT2D eigenvalue weighted by Gasteiger charge is 2.18. The predicted octanol–water partition coefficient (Wildman–Crippen LogP) is 0.358. The third-order valence-electron chi connectivity index (χ3n) is 2.18. The predicted molar refractivity (Wildman–Crippen MR) is 62.7 cm³/mol. The molecule has 1 N–H and O–H groups in total. The van der Waals surface area contributed by atoms with Crippen molar-refractivity contribution >= 4 is 15.7 Å². The van der Waals surface area contributed by atoms with Crippen molar-refractivity contribution in [1.29, 1.82) is 5.26 Å². The largest absolute Gasteiger partial charge is 0.358 e. The van der Waals surface area contributed by atoms with Crippen LogP contribution in [-0.4, -0.2) is 27.1 Å². The number of hydrogen-bond acceptors (Lipinski definition) is 4. The molecule has 0 saturated carbocycles. The summed E-state index contributed by atoms with van der Waals surface area (Å²) in [5.41, 5.74) is 0.0551. The summed E-state index contributed by atoms with van der Waals surface area (Å²) in [4.78, 5) is 11.0. The molecular formula is C11H11FN2O3S. The van der Waals surface area contributed by atoms with Gasteiger partial charge in [0.05, 0.1) is 17.4 Å². The van der Waals surface area contributed by atoms with Crippen molar-refractivity contribution in [1.82, 2.24) is 5.32 Å². The second-order valence-electron chi connectivity index (χ2n) is 3.62. The number of nitrogens with zero attached hydrogens (tertiary/aromatic N) is 1. The number of hydrogen-bond donors (Lipinski definition) is 1. The average molecular weight is 270 g/mol. The summed E-state index contributed by atoms with van der Waals surface area (Å²) >= 11 is 0. The number of carbonyl (C=O) groups excluding carboxylic acids is 1. The molecule has 0 aliphatic carbocycles. The van der Waals surface area contributed by atoms with Gasteiger partial charge in [-0.3, -0.25) is 4.79 Å². The summed E-state index contributed by atoms with van der Waals surface area (Å²) in [6.07, 6.45) is 0. The molecule has 0 aromatic heterocycles. The van der Waals surface area contributed by atoms with Crippen LogP contribution in [0.15, 0.2) is 18.2 Å². The first kappa shape index (κ1) is 14.1. The van der Waals surface area contributed by atoms with Crippen LogP contribution in [-0.2, 0) is 20.4 Å². The number of benzene rings is 1. The molecule has 0 heterocycles. The molecule has 96 valence electrons. The van der Waals surface area contributed by atoms with Crippen LogP contribution in [0.5, 0.6) is 0 Å². The van der Waals surface area contributed by atoms with E-state index in [0.717, 1.165) is 12.1 Å². The Balaban J connectivity index is 2.97. The van der Waals surface area contributed by atoms with E-state index in [-0.39, 0.29) is 11.1 Å². The SMILES string of the molecule is CNC(=O)CS(=O)(=O)Cc1cc(C#N)ccc1F. The molecule has 1 amide bonds. The Kier molecular flexibility index (Phi) is 4.39. The Morgan fingerprint density at radius 2 is 2.17 bits per heavy atom. The van der Waals surface area contributed by atoms with Crippen LogP contribution in [0.25, 0.3) is 0 Å². The van der Waals surface area contributed by atoms with Crippen molar-refractivity contribution in [2.75, 3.05) is 12.8 Å². The van der Waals surface area contributed by atoms with Gasteiger partial charge in [-0.05, 0) is 18.2 Å². The summed E-state index contributed by atoms with van der Waals surface area (Å²) in [6, 6.07) is 5.24. The number of rotatable bonds is 4. The zero-order chi connectivity index (χ0) is 13.8. The molecule has 0 fully saturated rings. The number of nitriles is 1. The van der Waals surface area contributed by atoms with Gasteiger partial charge in [0.25, 0.3) is 0 Å². The fraction of sp³-hybridized carbons (Fsp3) is 0.273. The molecule has 0 saturated heterocycles. The Morgan fingerprint density at radius 3 is 2.72 bits per heavy atom. The van der Waals surface area contributed by atoms with E-state index in [2.05, 4.69) is 5.32 Å². The third-order valence-corrected chi connectivity index (χ3v) is 3.63. The molecule has 0 aliphatic rings. The molecule has 7 heteroatoms. The highest BCUT2D eigenvalue weighted by atomic mass is 32.2. The van der Waals surface area contributed by atoms with Crippen LogP contribution in [0.2, 0.25) is 0 Å². The topological polar surface area (TPSA) is 87.0 Å². The first-order valence-corrected chi connectivity index (χ1v) is 6.79. The quantitative estimate of drug-likeness (QED) is 0.855. The number of carbonyl (C=O) groups is 1. The minimum Gasteiger partial charge on any atom is -0.358 e. The van der Waals surface area contributed by atoms with E-state index in [9.17, 15) is 17.6 Å². The van der Waals surface area contributed by atoms with Gasteiger partial charge in [0.1, 0.15) is 11.6 Å². The van der Waals surface area contributed by atoms with Crippen LogP contribution in [0.1, 0.15) is 11.1 Å². The second kappa shape index (κ2) is 5.60. The lowest BCUT2D eigenvalue weighted by Gasteiger charge is -2.05. The second-order valence-corrected chi connectivity index (χ2v) is 5.69. The molecule has 0 aliphatic heterocycles. The first-order chi connectivity index (χ1) is 8.38. The van der Waals surface area contributed by atoms with E-state index in [0.29, 0.717) is 0 Å². The number of halogens is 1. The van der Waals surface area contributed by atoms with Crippen LogP contribution in [0, 0.1) is 17.1 Å². The van der Waals surface area contributed by atoms with Crippen molar-refractivity contribution < 1.29 is 17.6 Å². The minimum atomic E-state index is -3.75. The van der Waals surface area contributed by atoms with Crippen LogP contribution in [0.4, 0.5) is 4.39 Å². The molecule has 1 aromatic carbocycles. The van der Waals surface area contributed by atoms with Crippen molar-refractivity contribution in [3.8, 4) is 6.07 Å². The van der Waals surface area contributed by atoms with E-state index in [1.807, 2.05) is 0 Å². The zero-order valence-corrected chi connectivity index (χ0v) is 10.4. The van der Waals surface area contributed by atoms with Gasteiger partial charge in [-0.15, -0.1) is 0 Å². The first-order valence-electron chi connectivity index (χ1n) is 4.97. The van der Waals surface area contributed by atoms with E-state index >= 15 is 0 Å². The van der Waals surface area contributed by atoms with Crippen LogP contribution < -0.4 is 5.32 Å². The van der Waals surface area contributed by atoms with E-state index in [1.165, 1.54) is 13.1 Å². The summed E-state index contributed by atoms with van der Waals surface area (Å²) in [7, 11) is -2.44. The van der Waals surface area contributed by atoms with Crippen molar-refractivity contribution in [2.24, 2.45) is 0 Å². The fourth-order valence-electron chi connectivity index (χ4n) is 1.31. The van der Waals surface area contributed by atoms with Gasteiger partial charge in [0.15, 0.2) is 9.84 Å². The Labute approximate surface area is 104 Å². The summed E-state index contributed by atoms with van der Waals surface area (Å²) < 4.78 is 36.6. The molecule has 18 heavy (non-hydrogen) atoms. The Bertz CT molecular complexity index is 605. The zero-order valence-electron chi connectivity index (χ0n) is 9.60. The van der Waals surface area contributed by atoms with Crippen molar-refractivity contribution in [3.63, 3.8) is 0 Å². The van der Waals surface area contributed by atoms with E-state index < -0.39 is 33.1 Å². The lowest BCUT2D eigenvalue weighted by Crippen LogP contribution is -2.27. The van der Waals surface area contributed by atoms with Gasteiger partial charge >= 0.3 is 0 Å². The monoisotopic (exact) mass is 270 g/mol. The number of amides is 1. The Hall–Kier alpha value is -1.94. The third kappa shape index (κ3) is 3.82. The molecule has 1 aromatic rings. The molecule has 0 bridgehead atoms. The lowest BCUT2D eigenvalue weighted by atomic mass is 10.1. The van der Waals surface area contributed by atoms with Gasteiger partial charge < -0.3 is 5.32 Å². The van der Waals surface area contributed by atoms with E-state index in [1.54, 1.807) is 6.07 Å². The van der Waals surface area contributed by atoms with E-state index in [4.69, 9.17) is 5.26 Å². The number of nitrogens with one attached hydrogen (secondary N) is 1. The van der Waals surface area contributed by atoms with Gasteiger partial charge in [-0.1, -0.05) is 0 Å². The molecule has 0 atom stereocenters. The molecular weight excluding hydrogens is 259 g/mol. The summed E-state index contributed by atoms with van der Waals surface area (Å²) in [6.45, 7) is 0. The van der Waals surface area contributed by atoms with Crippen molar-refractivity contribution in [2.45, 2.75) is 5.75 Å². The normalized spacial score (nSPS) is 10.7. The minimum absolute atomic E-state index is 0.113. The number of sulfone groups is 1. The van der Waals surface area contributed by atoms with Crippen LogP contribution >= 0.6 is 0 Å². The van der Waals surface area contributed by atoms with Gasteiger partial charge in [-0.2, -0.15) is 5.26 Å². The van der Waals surface area contributed by atoms with Gasteiger partial charge in [-0.25, -0.2) is 12.8 Å². The molecule has 0 unspecified atom stereocenters. The molecule has 5 nitrogen and oxygen atoms in total. The highest BCUT2D eigenvalue weighted by Crippen LogP contribution is 2.14. The summed E-state index contributed by atoms with van der Waals surface area (Å²) in [5.74, 6) is -2.69. The maximum absolute atomic E-state index is 13.4. The maximum Gasteiger partial charge on any atom is 0.234 e. The van der Waals surface area contributed by atoms with Gasteiger partial charge in [0, 0.05) is 12.6 Å². The standard InChI is InChI=1S/C11H11FN2O3S/c1-14-11(15)7-18(16,17)6-9-4-8(5-13)2-3-10(9)12/h2-4H,6-7H2,1H3,(H,14,15). The smallest absolute Gasteiger partial charge is 0.234 e. The molecule has 1 rings (SSSR count). The summed E-state index contributed by atoms with van der Waals surface area (Å²) in [5, 5.41) is 10.8. The van der Waals surface area contributed by atoms with Gasteiger partial charge in [0.2, 0.25) is 5.91 Å². The van der Waals surface area contributed by atoms with Crippen molar-refractivity contribution in [3.05, 3.63) is 35.1 Å². The highest BCUT2D eigenvalue weighted by molar-refractivity contribution is 7.91. The molecule has 0 radical (unpaired) electrons. The van der Waals surface area contributed by atoms with Crippen LogP contribution in [0.3, 0.4) is 0 Å².